The van der Waals surface area contributed by atoms with Crippen LogP contribution in [0.3, 0.4) is 0 Å². The van der Waals surface area contributed by atoms with Gasteiger partial charge in [0.1, 0.15) is 23.9 Å². The monoisotopic (exact) mass is 448 g/mol. The van der Waals surface area contributed by atoms with Gasteiger partial charge < -0.3 is 19.3 Å². The summed E-state index contributed by atoms with van der Waals surface area (Å²) in [4.78, 5) is 12.2. The summed E-state index contributed by atoms with van der Waals surface area (Å²) in [5.41, 5.74) is 3.27. The Labute approximate surface area is 183 Å². The van der Waals surface area contributed by atoms with E-state index in [1.807, 2.05) is 26.0 Å². The van der Waals surface area contributed by atoms with Crippen molar-refractivity contribution >= 4 is 5.91 Å². The second-order valence-electron chi connectivity index (χ2n) is 7.24. The molecule has 2 aromatic carbocycles. The van der Waals surface area contributed by atoms with Gasteiger partial charge in [-0.05, 0) is 49.2 Å². The first-order valence-electron chi connectivity index (χ1n) is 9.88. The van der Waals surface area contributed by atoms with Crippen molar-refractivity contribution < 1.29 is 32.0 Å². The highest BCUT2D eigenvalue weighted by Gasteiger charge is 2.28. The predicted molar refractivity (Wildman–Crippen MR) is 110 cm³/mol. The lowest BCUT2D eigenvalue weighted by molar-refractivity contribution is -0.153. The van der Waals surface area contributed by atoms with Crippen LogP contribution < -0.4 is 14.8 Å². The van der Waals surface area contributed by atoms with E-state index < -0.39 is 12.8 Å². The minimum atomic E-state index is -4.38. The molecule has 0 bridgehead atoms. The lowest BCUT2D eigenvalue weighted by Gasteiger charge is -2.10. The van der Waals surface area contributed by atoms with Gasteiger partial charge in [0.25, 0.3) is 0 Å². The fourth-order valence-electron chi connectivity index (χ4n) is 2.88. The van der Waals surface area contributed by atoms with Crippen LogP contribution in [-0.2, 0) is 24.4 Å². The molecule has 32 heavy (non-hydrogen) atoms. The van der Waals surface area contributed by atoms with Crippen LogP contribution in [0.1, 0.15) is 28.1 Å². The highest BCUT2D eigenvalue weighted by Crippen LogP contribution is 2.20. The number of nitrogens with zero attached hydrogens (tertiary/aromatic N) is 1. The van der Waals surface area contributed by atoms with Crippen molar-refractivity contribution in [2.75, 3.05) is 6.61 Å². The molecule has 1 N–H and O–H groups in total. The lowest BCUT2D eigenvalue weighted by Crippen LogP contribution is -2.24. The minimum absolute atomic E-state index is 0.120. The Morgan fingerprint density at radius 1 is 0.969 bits per heavy atom. The van der Waals surface area contributed by atoms with Crippen LogP contribution in [0.2, 0.25) is 0 Å². The van der Waals surface area contributed by atoms with E-state index in [9.17, 15) is 18.0 Å². The first-order valence-corrected chi connectivity index (χ1v) is 9.88. The van der Waals surface area contributed by atoms with Crippen LogP contribution in [-0.4, -0.2) is 23.8 Å². The van der Waals surface area contributed by atoms with Crippen molar-refractivity contribution in [3.63, 3.8) is 0 Å². The Bertz CT molecular complexity index is 1010. The van der Waals surface area contributed by atoms with E-state index >= 15 is 0 Å². The fourth-order valence-corrected chi connectivity index (χ4v) is 2.88. The van der Waals surface area contributed by atoms with Gasteiger partial charge in [-0.2, -0.15) is 13.2 Å². The molecule has 9 heteroatoms. The average Bonchev–Trinajstić information content (AvgIpc) is 3.08. The van der Waals surface area contributed by atoms with Crippen LogP contribution in [0.25, 0.3) is 0 Å². The molecular weight excluding hydrogens is 425 g/mol. The summed E-state index contributed by atoms with van der Waals surface area (Å²) in [5.74, 6) is 1.34. The number of amides is 1. The number of benzene rings is 2. The van der Waals surface area contributed by atoms with E-state index in [2.05, 4.69) is 15.2 Å². The molecule has 1 aromatic heterocycles. The number of carbonyl (C=O) groups is 1. The quantitative estimate of drug-likeness (QED) is 0.515. The maximum Gasteiger partial charge on any atom is 0.422 e. The number of rotatable bonds is 9. The lowest BCUT2D eigenvalue weighted by atomic mass is 10.1. The van der Waals surface area contributed by atoms with E-state index in [0.29, 0.717) is 12.4 Å². The molecule has 0 atom stereocenters. The standard InChI is InChI=1S/C23H23F3N2O4/c1-15-21(16(2)32-28-15)13-30-19-7-3-17(4-8-19)11-22(29)27-12-18-5-9-20(10-6-18)31-14-23(24,25)26/h3-10H,11-14H2,1-2H3,(H,27,29). The minimum Gasteiger partial charge on any atom is -0.489 e. The topological polar surface area (TPSA) is 73.6 Å². The Morgan fingerprint density at radius 2 is 1.56 bits per heavy atom. The molecule has 3 rings (SSSR count). The number of halogens is 3. The van der Waals surface area contributed by atoms with Gasteiger partial charge in [-0.3, -0.25) is 4.79 Å². The highest BCUT2D eigenvalue weighted by atomic mass is 19.4. The maximum atomic E-state index is 12.2. The predicted octanol–water partition coefficient (Wildman–Crippen LogP) is 4.67. The molecule has 170 valence electrons. The third-order valence-electron chi connectivity index (χ3n) is 4.67. The molecule has 3 aromatic rings. The number of hydrogen-bond acceptors (Lipinski definition) is 5. The van der Waals surface area contributed by atoms with Gasteiger partial charge in [0.15, 0.2) is 6.61 Å². The molecular formula is C23H23F3N2O4. The van der Waals surface area contributed by atoms with E-state index in [-0.39, 0.29) is 24.6 Å². The summed E-state index contributed by atoms with van der Waals surface area (Å²) < 4.78 is 52.0. The first-order chi connectivity index (χ1) is 15.2. The molecule has 0 aliphatic heterocycles. The summed E-state index contributed by atoms with van der Waals surface area (Å²) in [6.45, 7) is 2.95. The zero-order valence-corrected chi connectivity index (χ0v) is 17.7. The molecule has 0 aliphatic rings. The number of ether oxygens (including phenoxy) is 2. The molecule has 0 saturated heterocycles. The van der Waals surface area contributed by atoms with Crippen LogP contribution >= 0.6 is 0 Å². The average molecular weight is 448 g/mol. The Hall–Kier alpha value is -3.49. The van der Waals surface area contributed by atoms with Gasteiger partial charge in [-0.1, -0.05) is 29.4 Å². The van der Waals surface area contributed by atoms with Crippen molar-refractivity contribution in [3.05, 3.63) is 76.7 Å². The molecule has 0 unspecified atom stereocenters. The summed E-state index contributed by atoms with van der Waals surface area (Å²) in [7, 11) is 0. The summed E-state index contributed by atoms with van der Waals surface area (Å²) in [6.07, 6.45) is -4.19. The van der Waals surface area contributed by atoms with Gasteiger partial charge in [0.2, 0.25) is 5.91 Å². The number of nitrogens with one attached hydrogen (secondary N) is 1. The largest absolute Gasteiger partial charge is 0.489 e. The SMILES string of the molecule is Cc1noc(C)c1COc1ccc(CC(=O)NCc2ccc(OCC(F)(F)F)cc2)cc1. The van der Waals surface area contributed by atoms with Gasteiger partial charge >= 0.3 is 6.18 Å². The zero-order chi connectivity index (χ0) is 23.1. The highest BCUT2D eigenvalue weighted by molar-refractivity contribution is 5.78. The Kier molecular flexibility index (Phi) is 7.40. The number of alkyl halides is 3. The van der Waals surface area contributed by atoms with Crippen molar-refractivity contribution in [2.24, 2.45) is 0 Å². The van der Waals surface area contributed by atoms with E-state index in [1.54, 1.807) is 24.3 Å². The zero-order valence-electron chi connectivity index (χ0n) is 17.7. The Balaban J connectivity index is 1.43. The molecule has 0 radical (unpaired) electrons. The van der Waals surface area contributed by atoms with Crippen LogP contribution in [0.4, 0.5) is 13.2 Å². The molecule has 1 amide bonds. The molecule has 0 saturated carbocycles. The third-order valence-corrected chi connectivity index (χ3v) is 4.67. The van der Waals surface area contributed by atoms with Gasteiger partial charge in [0, 0.05) is 6.54 Å². The van der Waals surface area contributed by atoms with Crippen molar-refractivity contribution in [1.29, 1.82) is 0 Å². The van der Waals surface area contributed by atoms with Crippen LogP contribution in [0.15, 0.2) is 53.1 Å². The normalized spacial score (nSPS) is 11.3. The summed E-state index contributed by atoms with van der Waals surface area (Å²) >= 11 is 0. The van der Waals surface area contributed by atoms with E-state index in [0.717, 1.165) is 28.1 Å². The first kappa shape index (κ1) is 23.2. The second kappa shape index (κ2) is 10.2. The second-order valence-corrected chi connectivity index (χ2v) is 7.24. The van der Waals surface area contributed by atoms with Crippen LogP contribution in [0, 0.1) is 13.8 Å². The molecule has 0 fully saturated rings. The van der Waals surface area contributed by atoms with Crippen molar-refractivity contribution in [3.8, 4) is 11.5 Å². The van der Waals surface area contributed by atoms with Crippen molar-refractivity contribution in [2.45, 2.75) is 39.6 Å². The molecule has 0 spiro atoms. The van der Waals surface area contributed by atoms with Gasteiger partial charge in [-0.15, -0.1) is 0 Å². The summed E-state index contributed by atoms with van der Waals surface area (Å²) in [5, 5.41) is 6.67. The number of hydrogen-bond donors (Lipinski definition) is 1. The summed E-state index contributed by atoms with van der Waals surface area (Å²) in [6, 6.07) is 13.3. The maximum absolute atomic E-state index is 12.2. The van der Waals surface area contributed by atoms with Crippen molar-refractivity contribution in [1.82, 2.24) is 10.5 Å². The van der Waals surface area contributed by atoms with Crippen LogP contribution in [0.5, 0.6) is 11.5 Å². The molecule has 6 nitrogen and oxygen atoms in total. The molecule has 1 heterocycles. The Morgan fingerprint density at radius 3 is 2.12 bits per heavy atom. The smallest absolute Gasteiger partial charge is 0.422 e. The van der Waals surface area contributed by atoms with Gasteiger partial charge in [0.05, 0.1) is 17.7 Å². The number of aromatic nitrogens is 1. The number of carbonyl (C=O) groups excluding carboxylic acids is 1. The molecule has 0 aliphatic carbocycles. The number of aryl methyl sites for hydroxylation is 2. The van der Waals surface area contributed by atoms with E-state index in [4.69, 9.17) is 9.26 Å². The fraction of sp³-hybridized carbons (Fsp3) is 0.304. The van der Waals surface area contributed by atoms with E-state index in [1.165, 1.54) is 12.1 Å². The van der Waals surface area contributed by atoms with Gasteiger partial charge in [-0.25, -0.2) is 0 Å². The third kappa shape index (κ3) is 7.04.